The van der Waals surface area contributed by atoms with E-state index in [-0.39, 0.29) is 11.8 Å². The zero-order valence-electron chi connectivity index (χ0n) is 13.3. The van der Waals surface area contributed by atoms with E-state index in [1.165, 1.54) is 11.3 Å². The summed E-state index contributed by atoms with van der Waals surface area (Å²) in [6, 6.07) is 7.46. The number of nitrogens with zero attached hydrogens (tertiary/aromatic N) is 4. The summed E-state index contributed by atoms with van der Waals surface area (Å²) in [5.74, 6) is 1.55. The van der Waals surface area contributed by atoms with Crippen molar-refractivity contribution < 1.29 is 9.32 Å². The number of carbonyl (C=O) groups is 1. The van der Waals surface area contributed by atoms with E-state index >= 15 is 0 Å². The quantitative estimate of drug-likeness (QED) is 0.642. The van der Waals surface area contributed by atoms with E-state index in [2.05, 4.69) is 31.1 Å². The molecule has 0 aliphatic carbocycles. The second kappa shape index (κ2) is 7.05. The van der Waals surface area contributed by atoms with E-state index in [1.54, 1.807) is 12.4 Å². The smallest absolute Gasteiger partial charge is 0.263 e. The summed E-state index contributed by atoms with van der Waals surface area (Å²) < 4.78 is 6.35. The average molecular weight is 419 g/mol. The van der Waals surface area contributed by atoms with Crippen LogP contribution in [-0.4, -0.2) is 39.0 Å². The van der Waals surface area contributed by atoms with E-state index in [0.717, 1.165) is 32.9 Å². The number of hydrogen-bond donors (Lipinski definition) is 0. The highest BCUT2D eigenvalue weighted by atomic mass is 79.9. The van der Waals surface area contributed by atoms with Crippen molar-refractivity contribution in [3.63, 3.8) is 0 Å². The number of rotatable bonds is 3. The molecule has 8 heteroatoms. The minimum Gasteiger partial charge on any atom is -0.338 e. The fourth-order valence-corrected chi connectivity index (χ4v) is 4.29. The topological polar surface area (TPSA) is 72.1 Å². The Morgan fingerprint density at radius 1 is 1.20 bits per heavy atom. The van der Waals surface area contributed by atoms with Gasteiger partial charge in [0.15, 0.2) is 5.82 Å². The Balaban J connectivity index is 1.41. The van der Waals surface area contributed by atoms with Crippen molar-refractivity contribution >= 4 is 33.2 Å². The molecule has 4 rings (SSSR count). The molecule has 0 unspecified atom stereocenters. The largest absolute Gasteiger partial charge is 0.338 e. The molecule has 3 aromatic heterocycles. The van der Waals surface area contributed by atoms with Crippen LogP contribution in [0.1, 0.15) is 34.3 Å². The van der Waals surface area contributed by atoms with Gasteiger partial charge in [0.05, 0.1) is 8.66 Å². The Hall–Kier alpha value is -2.06. The number of pyridine rings is 1. The summed E-state index contributed by atoms with van der Waals surface area (Å²) in [4.78, 5) is 23.7. The summed E-state index contributed by atoms with van der Waals surface area (Å²) in [6.45, 7) is 1.41. The lowest BCUT2D eigenvalue weighted by Gasteiger charge is -2.30. The van der Waals surface area contributed by atoms with Crippen molar-refractivity contribution in [2.75, 3.05) is 13.1 Å². The molecule has 0 aromatic carbocycles. The molecule has 0 saturated carbocycles. The Labute approximate surface area is 157 Å². The Morgan fingerprint density at radius 3 is 2.64 bits per heavy atom. The van der Waals surface area contributed by atoms with Crippen molar-refractivity contribution in [3.05, 3.63) is 51.1 Å². The van der Waals surface area contributed by atoms with Crippen molar-refractivity contribution in [2.45, 2.75) is 18.8 Å². The minimum absolute atomic E-state index is 0.0970. The maximum atomic E-state index is 12.5. The molecule has 25 heavy (non-hydrogen) atoms. The molecule has 1 amide bonds. The Morgan fingerprint density at radius 2 is 1.96 bits per heavy atom. The predicted octanol–water partition coefficient (Wildman–Crippen LogP) is 3.98. The normalized spacial score (nSPS) is 15.5. The number of halogens is 1. The Bertz CT molecular complexity index is 872. The molecule has 0 bridgehead atoms. The van der Waals surface area contributed by atoms with Gasteiger partial charge in [0, 0.05) is 37.0 Å². The lowest BCUT2D eigenvalue weighted by molar-refractivity contribution is 0.0715. The van der Waals surface area contributed by atoms with E-state index in [0.29, 0.717) is 19.0 Å². The molecule has 1 aliphatic heterocycles. The molecular formula is C17H15BrN4O2S. The van der Waals surface area contributed by atoms with Gasteiger partial charge < -0.3 is 9.42 Å². The van der Waals surface area contributed by atoms with Crippen LogP contribution in [0.2, 0.25) is 0 Å². The average Bonchev–Trinajstić information content (AvgIpc) is 3.31. The zero-order valence-corrected chi connectivity index (χ0v) is 15.7. The molecule has 1 saturated heterocycles. The van der Waals surface area contributed by atoms with E-state index < -0.39 is 0 Å². The molecule has 6 nitrogen and oxygen atoms in total. The van der Waals surface area contributed by atoms with E-state index in [1.807, 2.05) is 29.2 Å². The second-order valence-corrected chi connectivity index (χ2v) is 8.33. The fraction of sp³-hybridized carbons (Fsp3) is 0.294. The van der Waals surface area contributed by atoms with Crippen molar-refractivity contribution in [1.82, 2.24) is 20.0 Å². The van der Waals surface area contributed by atoms with E-state index in [9.17, 15) is 4.79 Å². The maximum Gasteiger partial charge on any atom is 0.263 e. The van der Waals surface area contributed by atoms with Crippen LogP contribution >= 0.6 is 27.3 Å². The third-order valence-electron chi connectivity index (χ3n) is 4.30. The number of piperidine rings is 1. The molecule has 1 aliphatic rings. The van der Waals surface area contributed by atoms with Gasteiger partial charge in [-0.15, -0.1) is 11.3 Å². The van der Waals surface area contributed by atoms with Crippen LogP contribution in [0.25, 0.3) is 11.5 Å². The monoisotopic (exact) mass is 418 g/mol. The van der Waals surface area contributed by atoms with Crippen LogP contribution in [0.5, 0.6) is 0 Å². The lowest BCUT2D eigenvalue weighted by atomic mass is 9.96. The molecule has 0 atom stereocenters. The highest BCUT2D eigenvalue weighted by molar-refractivity contribution is 9.11. The number of likely N-dealkylation sites (tertiary alicyclic amines) is 1. The molecule has 3 aromatic rings. The molecule has 128 valence electrons. The fourth-order valence-electron chi connectivity index (χ4n) is 2.94. The third-order valence-corrected chi connectivity index (χ3v) is 5.91. The van der Waals surface area contributed by atoms with Crippen LogP contribution in [0.3, 0.4) is 0 Å². The van der Waals surface area contributed by atoms with Gasteiger partial charge >= 0.3 is 0 Å². The number of aromatic nitrogens is 3. The molecule has 0 N–H and O–H groups in total. The highest BCUT2D eigenvalue weighted by Gasteiger charge is 2.28. The number of amides is 1. The van der Waals surface area contributed by atoms with Crippen LogP contribution < -0.4 is 0 Å². The summed E-state index contributed by atoms with van der Waals surface area (Å²) in [5.41, 5.74) is 0.865. The Kier molecular flexibility index (Phi) is 4.63. The zero-order chi connectivity index (χ0) is 17.2. The summed E-state index contributed by atoms with van der Waals surface area (Å²) in [7, 11) is 0. The van der Waals surface area contributed by atoms with Crippen LogP contribution in [0.15, 0.2) is 45.0 Å². The van der Waals surface area contributed by atoms with Crippen molar-refractivity contribution in [3.8, 4) is 11.5 Å². The van der Waals surface area contributed by atoms with Gasteiger partial charge in [-0.05, 0) is 53.0 Å². The standard InChI is InChI=1S/C17H15BrN4O2S/c18-14-2-1-13(25-14)17(23)22-9-5-11(6-10-22)15-20-16(24-21-15)12-3-7-19-8-4-12/h1-4,7-8,11H,5-6,9-10H2. The van der Waals surface area contributed by atoms with Crippen molar-refractivity contribution in [1.29, 1.82) is 0 Å². The van der Waals surface area contributed by atoms with Crippen LogP contribution in [0, 0.1) is 0 Å². The maximum absolute atomic E-state index is 12.5. The van der Waals surface area contributed by atoms with Crippen molar-refractivity contribution in [2.24, 2.45) is 0 Å². The first-order valence-corrected chi connectivity index (χ1v) is 9.60. The minimum atomic E-state index is 0.0970. The first kappa shape index (κ1) is 16.4. The van der Waals surface area contributed by atoms with Gasteiger partial charge in [-0.3, -0.25) is 9.78 Å². The van der Waals surface area contributed by atoms with Gasteiger partial charge in [-0.1, -0.05) is 5.16 Å². The first-order valence-electron chi connectivity index (χ1n) is 7.99. The number of carbonyl (C=O) groups excluding carboxylic acids is 1. The number of hydrogen-bond acceptors (Lipinski definition) is 6. The van der Waals surface area contributed by atoms with E-state index in [4.69, 9.17) is 4.52 Å². The van der Waals surface area contributed by atoms with Gasteiger partial charge in [-0.2, -0.15) is 4.98 Å². The predicted molar refractivity (Wildman–Crippen MR) is 97.4 cm³/mol. The molecule has 0 radical (unpaired) electrons. The summed E-state index contributed by atoms with van der Waals surface area (Å²) in [6.07, 6.45) is 5.08. The van der Waals surface area contributed by atoms with Gasteiger partial charge in [0.25, 0.3) is 11.8 Å². The third kappa shape index (κ3) is 3.50. The summed E-state index contributed by atoms with van der Waals surface area (Å²) in [5, 5.41) is 4.13. The first-order chi connectivity index (χ1) is 12.2. The van der Waals surface area contributed by atoms with Gasteiger partial charge in [0.1, 0.15) is 0 Å². The highest BCUT2D eigenvalue weighted by Crippen LogP contribution is 2.30. The van der Waals surface area contributed by atoms with Crippen LogP contribution in [-0.2, 0) is 0 Å². The SMILES string of the molecule is O=C(c1ccc(Br)s1)N1CCC(c2noc(-c3ccncc3)n2)CC1. The second-order valence-electron chi connectivity index (χ2n) is 5.86. The van der Waals surface area contributed by atoms with Gasteiger partial charge in [0.2, 0.25) is 0 Å². The number of thiophene rings is 1. The van der Waals surface area contributed by atoms with Crippen LogP contribution in [0.4, 0.5) is 0 Å². The summed E-state index contributed by atoms with van der Waals surface area (Å²) >= 11 is 4.87. The van der Waals surface area contributed by atoms with Gasteiger partial charge in [-0.25, -0.2) is 0 Å². The molecule has 1 fully saturated rings. The molecular weight excluding hydrogens is 404 g/mol. The lowest BCUT2D eigenvalue weighted by Crippen LogP contribution is -2.37. The molecule has 4 heterocycles. The molecule has 0 spiro atoms.